The van der Waals surface area contributed by atoms with Crippen LogP contribution in [0, 0.1) is 13.8 Å². The summed E-state index contributed by atoms with van der Waals surface area (Å²) in [5.74, 6) is 0.314. The van der Waals surface area contributed by atoms with E-state index in [-0.39, 0.29) is 5.91 Å². The molecular weight excluding hydrogens is 381 g/mol. The van der Waals surface area contributed by atoms with Crippen LogP contribution in [0.4, 0.5) is 5.69 Å². The van der Waals surface area contributed by atoms with E-state index < -0.39 is 5.25 Å². The van der Waals surface area contributed by atoms with Crippen molar-refractivity contribution in [3.63, 3.8) is 0 Å². The number of benzene rings is 1. The van der Waals surface area contributed by atoms with Crippen LogP contribution < -0.4 is 5.32 Å². The lowest BCUT2D eigenvalue weighted by atomic mass is 10.3. The van der Waals surface area contributed by atoms with Crippen molar-refractivity contribution in [2.45, 2.75) is 31.2 Å². The lowest BCUT2D eigenvalue weighted by Crippen LogP contribution is -2.23. The Morgan fingerprint density at radius 2 is 2.04 bits per heavy atom. The predicted molar refractivity (Wildman–Crippen MR) is 101 cm³/mol. The summed E-state index contributed by atoms with van der Waals surface area (Å²) >= 11 is 13.4. The van der Waals surface area contributed by atoms with E-state index in [1.807, 2.05) is 24.3 Å². The van der Waals surface area contributed by atoms with E-state index in [1.54, 1.807) is 25.1 Å². The van der Waals surface area contributed by atoms with Crippen LogP contribution in [-0.4, -0.2) is 30.7 Å². The summed E-state index contributed by atoms with van der Waals surface area (Å²) in [5.41, 5.74) is 2.31. The molecule has 0 saturated heterocycles. The summed E-state index contributed by atoms with van der Waals surface area (Å²) in [7, 11) is 0. The molecule has 3 rings (SSSR count). The van der Waals surface area contributed by atoms with Crippen molar-refractivity contribution in [1.29, 1.82) is 0 Å². The smallest absolute Gasteiger partial charge is 0.256 e. The summed E-state index contributed by atoms with van der Waals surface area (Å²) in [5, 5.41) is 11.9. The summed E-state index contributed by atoms with van der Waals surface area (Å²) in [6.07, 6.45) is 0. The third-order valence-corrected chi connectivity index (χ3v) is 5.39. The van der Waals surface area contributed by atoms with E-state index in [4.69, 9.17) is 23.2 Å². The average Bonchev–Trinajstić information content (AvgIpc) is 2.94. The van der Waals surface area contributed by atoms with E-state index in [1.165, 1.54) is 11.8 Å². The van der Waals surface area contributed by atoms with E-state index in [0.717, 1.165) is 11.4 Å². The Morgan fingerprint density at radius 1 is 1.28 bits per heavy atom. The van der Waals surface area contributed by atoms with Gasteiger partial charge in [0.2, 0.25) is 5.91 Å². The molecule has 25 heavy (non-hydrogen) atoms. The van der Waals surface area contributed by atoms with Gasteiger partial charge < -0.3 is 5.32 Å². The van der Waals surface area contributed by atoms with E-state index in [2.05, 4.69) is 20.5 Å². The van der Waals surface area contributed by atoms with Crippen LogP contribution in [0.25, 0.3) is 5.78 Å². The molecule has 1 aromatic carbocycles. The average molecular weight is 396 g/mol. The second kappa shape index (κ2) is 7.19. The van der Waals surface area contributed by atoms with Gasteiger partial charge in [-0.2, -0.15) is 0 Å². The number of nitrogens with zero attached hydrogens (tertiary/aromatic N) is 4. The van der Waals surface area contributed by atoms with E-state index >= 15 is 0 Å². The van der Waals surface area contributed by atoms with Crippen LogP contribution in [0.5, 0.6) is 0 Å². The third-order valence-electron chi connectivity index (χ3n) is 3.52. The summed E-state index contributed by atoms with van der Waals surface area (Å²) < 4.78 is 1.83. The van der Waals surface area contributed by atoms with Gasteiger partial charge in [-0.3, -0.25) is 9.20 Å². The number of aryl methyl sites for hydroxylation is 2. The molecule has 0 aliphatic rings. The van der Waals surface area contributed by atoms with E-state index in [0.29, 0.717) is 26.7 Å². The van der Waals surface area contributed by atoms with Crippen molar-refractivity contribution < 1.29 is 4.79 Å². The zero-order chi connectivity index (χ0) is 18.1. The molecule has 0 aliphatic carbocycles. The van der Waals surface area contributed by atoms with Crippen LogP contribution in [0.3, 0.4) is 0 Å². The van der Waals surface area contributed by atoms with Crippen molar-refractivity contribution >= 4 is 52.3 Å². The maximum Gasteiger partial charge on any atom is 0.256 e. The highest BCUT2D eigenvalue weighted by Crippen LogP contribution is 2.30. The summed E-state index contributed by atoms with van der Waals surface area (Å²) in [4.78, 5) is 16.8. The van der Waals surface area contributed by atoms with Crippen LogP contribution in [0.15, 0.2) is 29.4 Å². The Morgan fingerprint density at radius 3 is 2.80 bits per heavy atom. The van der Waals surface area contributed by atoms with Crippen molar-refractivity contribution in [3.05, 3.63) is 45.7 Å². The van der Waals surface area contributed by atoms with Crippen molar-refractivity contribution in [1.82, 2.24) is 19.6 Å². The van der Waals surface area contributed by atoms with Crippen molar-refractivity contribution in [2.75, 3.05) is 5.32 Å². The zero-order valence-electron chi connectivity index (χ0n) is 13.7. The molecule has 0 aliphatic heterocycles. The van der Waals surface area contributed by atoms with Gasteiger partial charge in [0, 0.05) is 11.4 Å². The molecule has 0 radical (unpaired) electrons. The van der Waals surface area contributed by atoms with Gasteiger partial charge in [-0.05, 0) is 39.0 Å². The predicted octanol–water partition coefficient (Wildman–Crippen LogP) is 4.17. The number of fused-ring (bicyclic) bond motifs is 1. The first-order valence-electron chi connectivity index (χ1n) is 7.47. The minimum Gasteiger partial charge on any atom is -0.324 e. The fourth-order valence-corrected chi connectivity index (χ4v) is 3.57. The highest BCUT2D eigenvalue weighted by atomic mass is 35.5. The molecule has 9 heteroatoms. The molecule has 0 fully saturated rings. The van der Waals surface area contributed by atoms with Gasteiger partial charge in [0.1, 0.15) is 0 Å². The molecule has 2 aromatic heterocycles. The first-order chi connectivity index (χ1) is 11.9. The molecule has 0 saturated carbocycles. The molecular formula is C16H15Cl2N5OS. The number of rotatable bonds is 4. The Kier molecular flexibility index (Phi) is 5.17. The Bertz CT molecular complexity index is 959. The molecule has 0 spiro atoms. The molecule has 1 unspecified atom stereocenters. The third kappa shape index (κ3) is 3.73. The molecule has 1 amide bonds. The number of carbonyl (C=O) groups excluding carboxylic acids is 1. The number of nitrogens with one attached hydrogen (secondary N) is 1. The van der Waals surface area contributed by atoms with Gasteiger partial charge in [0.15, 0.2) is 5.16 Å². The standard InChI is InChI=1S/C16H15Cl2N5OS/c1-8-7-9(2)23-15(19-8)21-22-16(23)25-10(3)14(24)20-12-6-4-5-11(17)13(12)18/h4-7,10H,1-3H3,(H,20,24). The van der Waals surface area contributed by atoms with Gasteiger partial charge in [-0.15, -0.1) is 10.2 Å². The Labute approximate surface area is 158 Å². The first-order valence-corrected chi connectivity index (χ1v) is 9.11. The highest BCUT2D eigenvalue weighted by molar-refractivity contribution is 8.00. The van der Waals surface area contributed by atoms with Crippen LogP contribution >= 0.6 is 35.0 Å². The number of anilines is 1. The Hall–Kier alpha value is -1.83. The number of hydrogen-bond donors (Lipinski definition) is 1. The fraction of sp³-hybridized carbons (Fsp3) is 0.250. The Balaban J connectivity index is 1.79. The molecule has 130 valence electrons. The first kappa shape index (κ1) is 18.0. The lowest BCUT2D eigenvalue weighted by molar-refractivity contribution is -0.115. The minimum absolute atomic E-state index is 0.205. The van der Waals surface area contributed by atoms with Crippen molar-refractivity contribution in [2.24, 2.45) is 0 Å². The van der Waals surface area contributed by atoms with Gasteiger partial charge in [-0.1, -0.05) is 41.0 Å². The van der Waals surface area contributed by atoms with Gasteiger partial charge in [0.25, 0.3) is 5.78 Å². The van der Waals surface area contributed by atoms with Gasteiger partial charge in [-0.25, -0.2) is 4.98 Å². The summed E-state index contributed by atoms with van der Waals surface area (Å²) in [6.45, 7) is 5.64. The molecule has 0 bridgehead atoms. The molecule has 6 nitrogen and oxygen atoms in total. The van der Waals surface area contributed by atoms with E-state index in [9.17, 15) is 4.79 Å². The normalized spacial score (nSPS) is 12.4. The monoisotopic (exact) mass is 395 g/mol. The van der Waals surface area contributed by atoms with Gasteiger partial charge >= 0.3 is 0 Å². The van der Waals surface area contributed by atoms with Crippen LogP contribution in [0.2, 0.25) is 10.0 Å². The molecule has 1 atom stereocenters. The summed E-state index contributed by atoms with van der Waals surface area (Å²) in [6, 6.07) is 7.03. The maximum atomic E-state index is 12.5. The lowest BCUT2D eigenvalue weighted by Gasteiger charge is -2.13. The number of amides is 1. The topological polar surface area (TPSA) is 72.2 Å². The second-order valence-electron chi connectivity index (χ2n) is 5.51. The second-order valence-corrected chi connectivity index (χ2v) is 7.60. The quantitative estimate of drug-likeness (QED) is 0.671. The highest BCUT2D eigenvalue weighted by Gasteiger charge is 2.20. The van der Waals surface area contributed by atoms with Crippen molar-refractivity contribution in [3.8, 4) is 0 Å². The SMILES string of the molecule is Cc1cc(C)n2c(SC(C)C(=O)Nc3cccc(Cl)c3Cl)nnc2n1. The number of carbonyl (C=O) groups is 1. The molecule has 2 heterocycles. The zero-order valence-corrected chi connectivity index (χ0v) is 16.1. The fourth-order valence-electron chi connectivity index (χ4n) is 2.32. The van der Waals surface area contributed by atoms with Crippen LogP contribution in [-0.2, 0) is 4.79 Å². The van der Waals surface area contributed by atoms with Crippen LogP contribution in [0.1, 0.15) is 18.3 Å². The molecule has 1 N–H and O–H groups in total. The number of halogens is 2. The molecule has 3 aromatic rings. The number of hydrogen-bond acceptors (Lipinski definition) is 5. The minimum atomic E-state index is -0.414. The number of thioether (sulfide) groups is 1. The maximum absolute atomic E-state index is 12.5. The number of aromatic nitrogens is 4. The van der Waals surface area contributed by atoms with Gasteiger partial charge in [0.05, 0.1) is 21.0 Å². The largest absolute Gasteiger partial charge is 0.324 e.